The molecule has 0 radical (unpaired) electrons. The smallest absolute Gasteiger partial charge is 0.243 e. The highest BCUT2D eigenvalue weighted by Crippen LogP contribution is 2.24. The monoisotopic (exact) mass is 374 g/mol. The lowest BCUT2D eigenvalue weighted by molar-refractivity contribution is -0.130. The van der Waals surface area contributed by atoms with E-state index >= 15 is 0 Å². The molecule has 1 aliphatic heterocycles. The maximum absolute atomic E-state index is 12.9. The number of carbonyl (C=O) groups excluding carboxylic acids is 1. The van der Waals surface area contributed by atoms with Crippen LogP contribution in [0.2, 0.25) is 0 Å². The highest BCUT2D eigenvalue weighted by molar-refractivity contribution is 7.89. The van der Waals surface area contributed by atoms with Crippen molar-refractivity contribution in [1.29, 1.82) is 0 Å². The van der Waals surface area contributed by atoms with Crippen LogP contribution in [0, 0.1) is 0 Å². The van der Waals surface area contributed by atoms with Crippen LogP contribution in [0.3, 0.4) is 0 Å². The van der Waals surface area contributed by atoms with Gasteiger partial charge < -0.3 is 10.6 Å². The molecule has 0 fully saturated rings. The zero-order valence-electron chi connectivity index (χ0n) is 14.6. The number of nitrogens with two attached hydrogens (primary N) is 1. The third-order valence-corrected chi connectivity index (χ3v) is 6.35. The number of hydrogen-bond donors (Lipinski definition) is 1. The van der Waals surface area contributed by atoms with Gasteiger partial charge in [0.2, 0.25) is 15.9 Å². The van der Waals surface area contributed by atoms with Crippen LogP contribution >= 0.6 is 0 Å². The van der Waals surface area contributed by atoms with Crippen molar-refractivity contribution in [3.63, 3.8) is 0 Å². The minimum absolute atomic E-state index is 0.0405. The molecule has 0 saturated carbocycles. The van der Waals surface area contributed by atoms with E-state index in [4.69, 9.17) is 5.73 Å². The molecule has 0 unspecified atom stereocenters. The molecule has 0 spiro atoms. The molecule has 138 valence electrons. The second kappa shape index (κ2) is 7.53. The largest absolute Gasteiger partial charge is 0.337 e. The Balaban J connectivity index is 1.84. The maximum Gasteiger partial charge on any atom is 0.243 e. The zero-order valence-corrected chi connectivity index (χ0v) is 15.4. The Bertz CT molecular complexity index is 900. The lowest BCUT2D eigenvalue weighted by Crippen LogP contribution is -2.39. The molecule has 2 N–H and O–H groups in total. The van der Waals surface area contributed by atoms with Crippen LogP contribution in [0.25, 0.3) is 0 Å². The molecular weight excluding hydrogens is 352 g/mol. The number of nitrogens with zero attached hydrogens (tertiary/aromatic N) is 3. The first kappa shape index (κ1) is 18.5. The molecule has 3 rings (SSSR count). The van der Waals surface area contributed by atoms with E-state index < -0.39 is 10.0 Å². The van der Waals surface area contributed by atoms with Gasteiger partial charge in [-0.3, -0.25) is 9.78 Å². The van der Waals surface area contributed by atoms with E-state index in [-0.39, 0.29) is 23.9 Å². The van der Waals surface area contributed by atoms with Crippen LogP contribution in [0.5, 0.6) is 0 Å². The van der Waals surface area contributed by atoms with Gasteiger partial charge in [-0.05, 0) is 41.3 Å². The number of amides is 1. The van der Waals surface area contributed by atoms with E-state index in [0.717, 1.165) is 16.7 Å². The summed E-state index contributed by atoms with van der Waals surface area (Å²) in [6, 6.07) is 8.75. The summed E-state index contributed by atoms with van der Waals surface area (Å²) < 4.78 is 27.1. The lowest BCUT2D eigenvalue weighted by Gasteiger charge is -2.29. The van der Waals surface area contributed by atoms with Gasteiger partial charge in [-0.2, -0.15) is 4.31 Å². The van der Waals surface area contributed by atoms with Crippen molar-refractivity contribution in [3.05, 3.63) is 59.4 Å². The second-order valence-electron chi connectivity index (χ2n) is 6.32. The molecule has 1 amide bonds. The summed E-state index contributed by atoms with van der Waals surface area (Å²) in [5.41, 5.74) is 8.18. The quantitative estimate of drug-likeness (QED) is 0.833. The normalized spacial score (nSPS) is 14.3. The van der Waals surface area contributed by atoms with Crippen LogP contribution in [-0.4, -0.2) is 48.7 Å². The molecule has 0 atom stereocenters. The molecule has 0 aliphatic carbocycles. The first-order valence-electron chi connectivity index (χ1n) is 8.36. The molecule has 26 heavy (non-hydrogen) atoms. The molecule has 1 aromatic heterocycles. The van der Waals surface area contributed by atoms with E-state index in [0.29, 0.717) is 19.5 Å². The third kappa shape index (κ3) is 3.77. The van der Waals surface area contributed by atoms with Crippen molar-refractivity contribution < 1.29 is 13.2 Å². The van der Waals surface area contributed by atoms with Crippen molar-refractivity contribution in [2.45, 2.75) is 24.4 Å². The fourth-order valence-electron chi connectivity index (χ4n) is 3.05. The van der Waals surface area contributed by atoms with Crippen LogP contribution < -0.4 is 5.73 Å². The van der Waals surface area contributed by atoms with E-state index in [1.54, 1.807) is 42.5 Å². The van der Waals surface area contributed by atoms with Crippen LogP contribution in [-0.2, 0) is 34.3 Å². The maximum atomic E-state index is 12.9. The molecule has 8 heteroatoms. The Morgan fingerprint density at radius 1 is 1.31 bits per heavy atom. The summed E-state index contributed by atoms with van der Waals surface area (Å²) in [5, 5.41) is 0. The van der Waals surface area contributed by atoms with Gasteiger partial charge in [-0.15, -0.1) is 0 Å². The SMILES string of the molecule is CN(Cc1cccnc1)S(=O)(=O)c1ccc2c(c1)CN(C(=O)CN)CC2. The van der Waals surface area contributed by atoms with E-state index in [1.807, 2.05) is 12.1 Å². The Kier molecular flexibility index (Phi) is 5.36. The summed E-state index contributed by atoms with van der Waals surface area (Å²) >= 11 is 0. The van der Waals surface area contributed by atoms with Crippen LogP contribution in [0.15, 0.2) is 47.6 Å². The summed E-state index contributed by atoms with van der Waals surface area (Å²) in [6.07, 6.45) is 4.00. The minimum Gasteiger partial charge on any atom is -0.337 e. The standard InChI is InChI=1S/C18H22N4O3S/c1-21(12-14-3-2-7-20-11-14)26(24,25)17-5-4-15-6-8-22(18(23)10-19)13-16(15)9-17/h2-5,7,9,11H,6,8,10,12-13,19H2,1H3. The average Bonchev–Trinajstić information content (AvgIpc) is 2.67. The zero-order chi connectivity index (χ0) is 18.7. The van der Waals surface area contributed by atoms with Crippen LogP contribution in [0.1, 0.15) is 16.7 Å². The lowest BCUT2D eigenvalue weighted by atomic mass is 10.00. The predicted molar refractivity (Wildman–Crippen MR) is 97.5 cm³/mol. The van der Waals surface area contributed by atoms with E-state index in [1.165, 1.54) is 4.31 Å². The Labute approximate surface area is 153 Å². The Hall–Kier alpha value is -2.29. The average molecular weight is 374 g/mol. The van der Waals surface area contributed by atoms with Gasteiger partial charge >= 0.3 is 0 Å². The van der Waals surface area contributed by atoms with Crippen molar-refractivity contribution in [2.75, 3.05) is 20.1 Å². The van der Waals surface area contributed by atoms with E-state index in [2.05, 4.69) is 4.98 Å². The van der Waals surface area contributed by atoms with Gasteiger partial charge in [0, 0.05) is 39.1 Å². The second-order valence-corrected chi connectivity index (χ2v) is 8.37. The number of pyridine rings is 1. The molecule has 1 aromatic carbocycles. The summed E-state index contributed by atoms with van der Waals surface area (Å²) in [7, 11) is -2.09. The van der Waals surface area contributed by atoms with Gasteiger partial charge in [0.1, 0.15) is 0 Å². The predicted octanol–water partition coefficient (Wildman–Crippen LogP) is 0.746. The number of hydrogen-bond acceptors (Lipinski definition) is 5. The van der Waals surface area contributed by atoms with Crippen molar-refractivity contribution in [3.8, 4) is 0 Å². The highest BCUT2D eigenvalue weighted by atomic mass is 32.2. The number of rotatable bonds is 5. The summed E-state index contributed by atoms with van der Waals surface area (Å²) in [5.74, 6) is -0.127. The molecule has 0 bridgehead atoms. The number of carbonyl (C=O) groups is 1. The third-order valence-electron chi connectivity index (χ3n) is 4.55. The van der Waals surface area contributed by atoms with Gasteiger partial charge in [-0.25, -0.2) is 8.42 Å². The van der Waals surface area contributed by atoms with Gasteiger partial charge in [0.25, 0.3) is 0 Å². The summed E-state index contributed by atoms with van der Waals surface area (Å²) in [6.45, 7) is 1.20. The van der Waals surface area contributed by atoms with Crippen molar-refractivity contribution >= 4 is 15.9 Å². The number of benzene rings is 1. The van der Waals surface area contributed by atoms with Gasteiger partial charge in [-0.1, -0.05) is 12.1 Å². The Morgan fingerprint density at radius 3 is 2.81 bits per heavy atom. The van der Waals surface area contributed by atoms with Crippen molar-refractivity contribution in [1.82, 2.24) is 14.2 Å². The number of sulfonamides is 1. The van der Waals surface area contributed by atoms with Crippen LogP contribution in [0.4, 0.5) is 0 Å². The molecule has 1 aliphatic rings. The summed E-state index contributed by atoms with van der Waals surface area (Å²) in [4.78, 5) is 17.7. The number of aromatic nitrogens is 1. The molecular formula is C18H22N4O3S. The molecule has 2 aromatic rings. The molecule has 2 heterocycles. The fourth-order valence-corrected chi connectivity index (χ4v) is 4.26. The molecule has 0 saturated heterocycles. The fraction of sp³-hybridized carbons (Fsp3) is 0.333. The van der Waals surface area contributed by atoms with Crippen molar-refractivity contribution in [2.24, 2.45) is 5.73 Å². The first-order valence-corrected chi connectivity index (χ1v) is 9.80. The number of fused-ring (bicyclic) bond motifs is 1. The topological polar surface area (TPSA) is 96.6 Å². The van der Waals surface area contributed by atoms with Gasteiger partial charge in [0.15, 0.2) is 0 Å². The minimum atomic E-state index is -3.64. The highest BCUT2D eigenvalue weighted by Gasteiger charge is 2.25. The van der Waals surface area contributed by atoms with Gasteiger partial charge in [0.05, 0.1) is 11.4 Å². The molecule has 7 nitrogen and oxygen atoms in total. The first-order chi connectivity index (χ1) is 12.4. The Morgan fingerprint density at radius 2 is 2.12 bits per heavy atom. The van der Waals surface area contributed by atoms with E-state index in [9.17, 15) is 13.2 Å².